The van der Waals surface area contributed by atoms with Crippen molar-refractivity contribution in [3.8, 4) is 0 Å². The lowest BCUT2D eigenvalue weighted by atomic mass is 9.88. The molecule has 3 heteroatoms. The van der Waals surface area contributed by atoms with Gasteiger partial charge in [0.2, 0.25) is 0 Å². The summed E-state index contributed by atoms with van der Waals surface area (Å²) in [7, 11) is 0. The molecule has 2 aromatic rings. The van der Waals surface area contributed by atoms with Crippen LogP contribution in [-0.2, 0) is 0 Å². The molecular weight excluding hydrogens is 236 g/mol. The lowest BCUT2D eigenvalue weighted by Crippen LogP contribution is -2.16. The maximum atomic E-state index is 10.2. The first-order chi connectivity index (χ1) is 7.79. The molecule has 0 fully saturated rings. The molecule has 1 unspecified atom stereocenters. The average molecular weight is 253 g/mol. The Bertz CT molecular complexity index is 549. The molecule has 0 aliphatic heterocycles. The number of benzene rings is 1. The maximum Gasteiger partial charge on any atom is 0.137 e. The van der Waals surface area contributed by atoms with E-state index < -0.39 is 6.10 Å². The molecule has 0 aliphatic rings. The fourth-order valence-electron chi connectivity index (χ4n) is 1.86. The third-order valence-corrected chi connectivity index (χ3v) is 3.09. The number of aliphatic hydroxyl groups excluding tert-OH is 1. The van der Waals surface area contributed by atoms with Gasteiger partial charge in [-0.1, -0.05) is 32.4 Å². The number of furan rings is 1. The largest absolute Gasteiger partial charge is 0.458 e. The minimum atomic E-state index is -0.618. The first kappa shape index (κ1) is 12.5. The topological polar surface area (TPSA) is 33.4 Å². The maximum absolute atomic E-state index is 10.2. The van der Waals surface area contributed by atoms with Crippen LogP contribution in [0.2, 0.25) is 5.02 Å². The second-order valence-corrected chi connectivity index (χ2v) is 5.99. The smallest absolute Gasteiger partial charge is 0.137 e. The SMILES string of the molecule is Cc1cc(Cl)cc2cc(C(O)C(C)(C)C)oc12. The number of aryl methyl sites for hydroxylation is 1. The summed E-state index contributed by atoms with van der Waals surface area (Å²) in [6.45, 7) is 7.88. The highest BCUT2D eigenvalue weighted by atomic mass is 35.5. The predicted molar refractivity (Wildman–Crippen MR) is 70.4 cm³/mol. The van der Waals surface area contributed by atoms with Crippen molar-refractivity contribution in [3.05, 3.63) is 34.5 Å². The fraction of sp³-hybridized carbons (Fsp3) is 0.429. The summed E-state index contributed by atoms with van der Waals surface area (Å²) in [6.07, 6.45) is -0.618. The summed E-state index contributed by atoms with van der Waals surface area (Å²) in [6, 6.07) is 5.58. The Kier molecular flexibility index (Phi) is 2.96. The zero-order valence-corrected chi connectivity index (χ0v) is 11.3. The highest BCUT2D eigenvalue weighted by molar-refractivity contribution is 6.31. The van der Waals surface area contributed by atoms with E-state index in [-0.39, 0.29) is 5.41 Å². The summed E-state index contributed by atoms with van der Waals surface area (Å²) in [5.74, 6) is 0.595. The number of aliphatic hydroxyl groups is 1. The highest BCUT2D eigenvalue weighted by Gasteiger charge is 2.27. The zero-order chi connectivity index (χ0) is 12.8. The van der Waals surface area contributed by atoms with Crippen LogP contribution in [0.15, 0.2) is 22.6 Å². The Morgan fingerprint density at radius 1 is 1.24 bits per heavy atom. The van der Waals surface area contributed by atoms with Crippen molar-refractivity contribution in [2.45, 2.75) is 33.8 Å². The Labute approximate surface area is 106 Å². The van der Waals surface area contributed by atoms with E-state index in [0.29, 0.717) is 10.8 Å². The molecule has 0 saturated carbocycles. The molecule has 0 saturated heterocycles. The molecule has 0 bridgehead atoms. The van der Waals surface area contributed by atoms with Gasteiger partial charge >= 0.3 is 0 Å². The second-order valence-electron chi connectivity index (χ2n) is 5.56. The van der Waals surface area contributed by atoms with Gasteiger partial charge in [0.15, 0.2) is 0 Å². The quantitative estimate of drug-likeness (QED) is 0.812. The molecule has 2 rings (SSSR count). The molecule has 1 aromatic carbocycles. The van der Waals surface area contributed by atoms with E-state index >= 15 is 0 Å². The van der Waals surface area contributed by atoms with Gasteiger partial charge in [-0.25, -0.2) is 0 Å². The van der Waals surface area contributed by atoms with Crippen molar-refractivity contribution in [1.82, 2.24) is 0 Å². The fourth-order valence-corrected chi connectivity index (χ4v) is 2.15. The number of hydrogen-bond donors (Lipinski definition) is 1. The van der Waals surface area contributed by atoms with Crippen LogP contribution >= 0.6 is 11.6 Å². The van der Waals surface area contributed by atoms with Crippen LogP contribution in [0.25, 0.3) is 11.0 Å². The standard InChI is InChI=1S/C14H17ClO2/c1-8-5-10(15)6-9-7-11(17-12(8)9)13(16)14(2,3)4/h5-7,13,16H,1-4H3. The van der Waals surface area contributed by atoms with Crippen molar-refractivity contribution in [2.75, 3.05) is 0 Å². The molecule has 1 atom stereocenters. The van der Waals surface area contributed by atoms with E-state index in [1.807, 2.05) is 45.9 Å². The molecule has 0 spiro atoms. The van der Waals surface area contributed by atoms with E-state index in [0.717, 1.165) is 16.5 Å². The van der Waals surface area contributed by atoms with Crippen LogP contribution in [0.3, 0.4) is 0 Å². The van der Waals surface area contributed by atoms with Gasteiger partial charge < -0.3 is 9.52 Å². The second kappa shape index (κ2) is 4.04. The minimum Gasteiger partial charge on any atom is -0.458 e. The Morgan fingerprint density at radius 3 is 2.47 bits per heavy atom. The average Bonchev–Trinajstić information content (AvgIpc) is 2.58. The molecular formula is C14H17ClO2. The van der Waals surface area contributed by atoms with Crippen LogP contribution in [-0.4, -0.2) is 5.11 Å². The number of rotatable bonds is 1. The third kappa shape index (κ3) is 2.33. The van der Waals surface area contributed by atoms with Gasteiger partial charge in [0.1, 0.15) is 17.4 Å². The van der Waals surface area contributed by atoms with Crippen molar-refractivity contribution in [3.63, 3.8) is 0 Å². The minimum absolute atomic E-state index is 0.244. The van der Waals surface area contributed by atoms with E-state index in [1.54, 1.807) is 0 Å². The van der Waals surface area contributed by atoms with Crippen LogP contribution in [0.5, 0.6) is 0 Å². The molecule has 92 valence electrons. The van der Waals surface area contributed by atoms with Gasteiger partial charge in [-0.15, -0.1) is 0 Å². The number of halogens is 1. The number of fused-ring (bicyclic) bond motifs is 1. The first-order valence-corrected chi connectivity index (χ1v) is 6.04. The van der Waals surface area contributed by atoms with Crippen LogP contribution < -0.4 is 0 Å². The Morgan fingerprint density at radius 2 is 1.88 bits per heavy atom. The van der Waals surface area contributed by atoms with E-state index in [4.69, 9.17) is 16.0 Å². The summed E-state index contributed by atoms with van der Waals surface area (Å²) in [4.78, 5) is 0. The molecule has 0 radical (unpaired) electrons. The predicted octanol–water partition coefficient (Wildman–Crippen LogP) is 4.47. The zero-order valence-electron chi connectivity index (χ0n) is 10.5. The van der Waals surface area contributed by atoms with Crippen LogP contribution in [0.1, 0.15) is 38.2 Å². The molecule has 1 aromatic heterocycles. The van der Waals surface area contributed by atoms with Crippen molar-refractivity contribution in [1.29, 1.82) is 0 Å². The van der Waals surface area contributed by atoms with Crippen molar-refractivity contribution in [2.24, 2.45) is 5.41 Å². The molecule has 1 heterocycles. The van der Waals surface area contributed by atoms with Gasteiger partial charge in [-0.2, -0.15) is 0 Å². The van der Waals surface area contributed by atoms with Crippen LogP contribution in [0.4, 0.5) is 0 Å². The molecule has 1 N–H and O–H groups in total. The monoisotopic (exact) mass is 252 g/mol. The Balaban J connectivity index is 2.56. The molecule has 0 amide bonds. The molecule has 2 nitrogen and oxygen atoms in total. The summed E-state index contributed by atoms with van der Waals surface area (Å²) in [5.41, 5.74) is 1.54. The Hall–Kier alpha value is -0.990. The normalized spacial score (nSPS) is 14.2. The van der Waals surface area contributed by atoms with Gasteiger partial charge in [0.05, 0.1) is 0 Å². The number of hydrogen-bond acceptors (Lipinski definition) is 2. The van der Waals surface area contributed by atoms with Crippen molar-refractivity contribution < 1.29 is 9.52 Å². The third-order valence-electron chi connectivity index (χ3n) is 2.88. The highest BCUT2D eigenvalue weighted by Crippen LogP contribution is 2.36. The van der Waals surface area contributed by atoms with Gasteiger partial charge in [-0.05, 0) is 36.1 Å². The summed E-state index contributed by atoms with van der Waals surface area (Å²) >= 11 is 6.00. The lowest BCUT2D eigenvalue weighted by molar-refractivity contribution is 0.0448. The van der Waals surface area contributed by atoms with E-state index in [1.165, 1.54) is 0 Å². The van der Waals surface area contributed by atoms with E-state index in [9.17, 15) is 5.11 Å². The summed E-state index contributed by atoms with van der Waals surface area (Å²) in [5, 5.41) is 11.8. The lowest BCUT2D eigenvalue weighted by Gasteiger charge is -2.23. The van der Waals surface area contributed by atoms with Gasteiger partial charge in [-0.3, -0.25) is 0 Å². The summed E-state index contributed by atoms with van der Waals surface area (Å²) < 4.78 is 5.73. The van der Waals surface area contributed by atoms with Crippen molar-refractivity contribution >= 4 is 22.6 Å². The van der Waals surface area contributed by atoms with Gasteiger partial charge in [0.25, 0.3) is 0 Å². The van der Waals surface area contributed by atoms with Gasteiger partial charge in [0, 0.05) is 10.4 Å². The van der Waals surface area contributed by atoms with E-state index in [2.05, 4.69) is 0 Å². The first-order valence-electron chi connectivity index (χ1n) is 5.66. The molecule has 17 heavy (non-hydrogen) atoms. The molecule has 0 aliphatic carbocycles. The van der Waals surface area contributed by atoms with Crippen LogP contribution in [0, 0.1) is 12.3 Å².